The summed E-state index contributed by atoms with van der Waals surface area (Å²) in [7, 11) is 0. The predicted octanol–water partition coefficient (Wildman–Crippen LogP) is 12.9. The molecule has 0 aliphatic rings. The van der Waals surface area contributed by atoms with E-state index in [0.717, 1.165) is 95.8 Å². The van der Waals surface area contributed by atoms with E-state index in [1.165, 1.54) is 77.0 Å². The SMILES string of the molecule is CCCCC/C=C\C/C=C\CCCCCCCC(=O)OCC(COCC(=O)OCCCCn1ccnc1C)COC(=O)CCC(OCCCCCCCC)OCCCCCCCC. The van der Waals surface area contributed by atoms with Gasteiger partial charge in [-0.05, 0) is 71.1 Å². The molecular weight excluding hydrogens is 797 g/mol. The number of esters is 3. The highest BCUT2D eigenvalue weighted by atomic mass is 16.7. The fourth-order valence-electron chi connectivity index (χ4n) is 7.00. The third-order valence-electron chi connectivity index (χ3n) is 11.0. The Kier molecular flexibility index (Phi) is 40.7. The Morgan fingerprint density at radius 3 is 1.70 bits per heavy atom. The molecule has 0 radical (unpaired) electrons. The number of allylic oxidation sites excluding steroid dienone is 4. The molecule has 1 rings (SSSR count). The maximum Gasteiger partial charge on any atom is 0.332 e. The Hall–Kier alpha value is -3.02. The van der Waals surface area contributed by atoms with Crippen LogP contribution in [-0.4, -0.2) is 80.0 Å². The molecule has 1 atom stereocenters. The minimum Gasteiger partial charge on any atom is -0.465 e. The zero-order chi connectivity index (χ0) is 45.7. The van der Waals surface area contributed by atoms with Gasteiger partial charge < -0.3 is 33.0 Å². The normalized spacial score (nSPS) is 12.2. The Labute approximate surface area is 384 Å². The van der Waals surface area contributed by atoms with Crippen molar-refractivity contribution in [3.63, 3.8) is 0 Å². The average molecular weight is 889 g/mol. The Bertz CT molecular complexity index is 1250. The van der Waals surface area contributed by atoms with Crippen LogP contribution in [0.3, 0.4) is 0 Å². The molecule has 11 nitrogen and oxygen atoms in total. The van der Waals surface area contributed by atoms with Crippen LogP contribution >= 0.6 is 0 Å². The van der Waals surface area contributed by atoms with E-state index >= 15 is 0 Å². The third kappa shape index (κ3) is 38.0. The summed E-state index contributed by atoms with van der Waals surface area (Å²) in [6.07, 6.45) is 41.1. The molecule has 0 amide bonds. The van der Waals surface area contributed by atoms with Crippen LogP contribution in [0.2, 0.25) is 0 Å². The van der Waals surface area contributed by atoms with Crippen molar-refractivity contribution >= 4 is 17.9 Å². The lowest BCUT2D eigenvalue weighted by molar-refractivity contribution is -0.162. The van der Waals surface area contributed by atoms with Crippen molar-refractivity contribution in [1.29, 1.82) is 0 Å². The fourth-order valence-corrected chi connectivity index (χ4v) is 7.00. The van der Waals surface area contributed by atoms with E-state index in [9.17, 15) is 14.4 Å². The molecule has 1 heterocycles. The van der Waals surface area contributed by atoms with E-state index in [1.54, 1.807) is 6.20 Å². The molecule has 364 valence electrons. The van der Waals surface area contributed by atoms with Crippen LogP contribution in [0.25, 0.3) is 0 Å². The number of carbonyl (C=O) groups excluding carboxylic acids is 3. The number of ether oxygens (including phenoxy) is 6. The van der Waals surface area contributed by atoms with E-state index in [1.807, 2.05) is 13.1 Å². The third-order valence-corrected chi connectivity index (χ3v) is 11.0. The van der Waals surface area contributed by atoms with Crippen molar-refractivity contribution < 1.29 is 42.8 Å². The Balaban J connectivity index is 2.53. The van der Waals surface area contributed by atoms with Gasteiger partial charge in [0.25, 0.3) is 0 Å². The van der Waals surface area contributed by atoms with Crippen LogP contribution in [0, 0.1) is 12.8 Å². The van der Waals surface area contributed by atoms with Gasteiger partial charge in [0, 0.05) is 45.0 Å². The molecule has 1 aromatic rings. The zero-order valence-electron chi connectivity index (χ0n) is 40.6. The molecule has 0 aliphatic carbocycles. The predicted molar refractivity (Wildman–Crippen MR) is 254 cm³/mol. The van der Waals surface area contributed by atoms with Gasteiger partial charge in [0.15, 0.2) is 6.29 Å². The van der Waals surface area contributed by atoms with Crippen LogP contribution in [-0.2, 0) is 49.3 Å². The van der Waals surface area contributed by atoms with Gasteiger partial charge in [-0.2, -0.15) is 0 Å². The number of aromatic nitrogens is 2. The summed E-state index contributed by atoms with van der Waals surface area (Å²) >= 11 is 0. The number of rotatable bonds is 46. The van der Waals surface area contributed by atoms with Gasteiger partial charge in [-0.25, -0.2) is 9.78 Å². The van der Waals surface area contributed by atoms with Gasteiger partial charge in [0.05, 0.1) is 38.8 Å². The largest absolute Gasteiger partial charge is 0.465 e. The number of hydrogen-bond donors (Lipinski definition) is 0. The molecule has 1 unspecified atom stereocenters. The van der Waals surface area contributed by atoms with Crippen LogP contribution in [0.15, 0.2) is 36.7 Å². The summed E-state index contributed by atoms with van der Waals surface area (Å²) in [5, 5.41) is 0. The van der Waals surface area contributed by atoms with Crippen molar-refractivity contribution in [3.8, 4) is 0 Å². The van der Waals surface area contributed by atoms with Crippen LogP contribution in [0.5, 0.6) is 0 Å². The first-order chi connectivity index (χ1) is 30.9. The molecule has 11 heteroatoms. The van der Waals surface area contributed by atoms with Crippen molar-refractivity contribution in [3.05, 3.63) is 42.5 Å². The highest BCUT2D eigenvalue weighted by Crippen LogP contribution is 2.14. The van der Waals surface area contributed by atoms with Gasteiger partial charge in [-0.15, -0.1) is 0 Å². The monoisotopic (exact) mass is 889 g/mol. The minimum absolute atomic E-state index is 0.000417. The maximum atomic E-state index is 13.0. The van der Waals surface area contributed by atoms with Crippen molar-refractivity contribution in [2.45, 2.75) is 220 Å². The average Bonchev–Trinajstić information content (AvgIpc) is 3.70. The van der Waals surface area contributed by atoms with Gasteiger partial charge >= 0.3 is 17.9 Å². The van der Waals surface area contributed by atoms with Gasteiger partial charge in [-0.1, -0.05) is 141 Å². The summed E-state index contributed by atoms with van der Waals surface area (Å²) < 4.78 is 36.6. The first kappa shape index (κ1) is 58.0. The van der Waals surface area contributed by atoms with Crippen molar-refractivity contribution in [1.82, 2.24) is 9.55 Å². The molecule has 0 N–H and O–H groups in total. The number of hydrogen-bond acceptors (Lipinski definition) is 10. The Morgan fingerprint density at radius 2 is 1.10 bits per heavy atom. The van der Waals surface area contributed by atoms with Gasteiger partial charge in [-0.3, -0.25) is 9.59 Å². The molecule has 0 saturated carbocycles. The number of unbranched alkanes of at least 4 members (excludes halogenated alkanes) is 19. The van der Waals surface area contributed by atoms with Crippen LogP contribution in [0.1, 0.15) is 206 Å². The second kappa shape index (κ2) is 44.2. The smallest absolute Gasteiger partial charge is 0.332 e. The molecule has 0 saturated heterocycles. The van der Waals surface area contributed by atoms with Crippen LogP contribution < -0.4 is 0 Å². The lowest BCUT2D eigenvalue weighted by atomic mass is 10.1. The van der Waals surface area contributed by atoms with E-state index in [0.29, 0.717) is 32.7 Å². The molecule has 0 spiro atoms. The van der Waals surface area contributed by atoms with Crippen molar-refractivity contribution in [2.75, 3.05) is 46.2 Å². The second-order valence-electron chi connectivity index (χ2n) is 17.1. The fraction of sp³-hybridized carbons (Fsp3) is 0.808. The quantitative estimate of drug-likeness (QED) is 0.0205. The molecule has 0 fully saturated rings. The maximum absolute atomic E-state index is 13.0. The topological polar surface area (TPSA) is 124 Å². The van der Waals surface area contributed by atoms with Gasteiger partial charge in [0.1, 0.15) is 12.4 Å². The van der Waals surface area contributed by atoms with Gasteiger partial charge in [0.2, 0.25) is 0 Å². The summed E-state index contributed by atoms with van der Waals surface area (Å²) in [6.45, 7) is 10.8. The summed E-state index contributed by atoms with van der Waals surface area (Å²) in [5.41, 5.74) is 0. The number of imidazole rings is 1. The number of nitrogens with zero attached hydrogens (tertiary/aromatic N) is 2. The van der Waals surface area contributed by atoms with Crippen LogP contribution in [0.4, 0.5) is 0 Å². The number of carbonyl (C=O) groups is 3. The van der Waals surface area contributed by atoms with E-state index in [4.69, 9.17) is 28.4 Å². The second-order valence-corrected chi connectivity index (χ2v) is 17.1. The molecule has 0 aliphatic heterocycles. The van der Waals surface area contributed by atoms with E-state index in [-0.39, 0.29) is 44.8 Å². The molecular formula is C52H92N2O9. The molecule has 63 heavy (non-hydrogen) atoms. The summed E-state index contributed by atoms with van der Waals surface area (Å²) in [5.74, 6) is -0.598. The highest BCUT2D eigenvalue weighted by Gasteiger charge is 2.19. The lowest BCUT2D eigenvalue weighted by Crippen LogP contribution is -2.27. The number of aryl methyl sites for hydroxylation is 2. The molecule has 0 aromatic carbocycles. The lowest BCUT2D eigenvalue weighted by Gasteiger charge is -2.20. The standard InChI is InChI=1S/C52H92N2O9/c1-5-8-11-14-17-18-19-20-21-22-23-24-25-26-29-34-49(55)62-44-48(43-58-46-51(57)59-40-33-30-38-54-39-37-53-47(54)4)45-63-50(56)35-36-52(60-41-31-27-15-12-9-6-2)61-42-32-28-16-13-10-7-3/h17-18,20-21,37,39,48,52H,5-16,19,22-36,38,40-46H2,1-4H3/b18-17-,21-20-. The summed E-state index contributed by atoms with van der Waals surface area (Å²) in [4.78, 5) is 42.3. The Morgan fingerprint density at radius 1 is 0.571 bits per heavy atom. The van der Waals surface area contributed by atoms with Crippen molar-refractivity contribution in [2.24, 2.45) is 5.92 Å². The highest BCUT2D eigenvalue weighted by molar-refractivity contribution is 5.70. The molecule has 0 bridgehead atoms. The summed E-state index contributed by atoms with van der Waals surface area (Å²) in [6, 6.07) is 0. The van der Waals surface area contributed by atoms with E-state index in [2.05, 4.69) is 54.6 Å². The molecule has 1 aromatic heterocycles. The zero-order valence-corrected chi connectivity index (χ0v) is 40.6. The van der Waals surface area contributed by atoms with E-state index < -0.39 is 18.2 Å². The minimum atomic E-state index is -0.462. The first-order valence-corrected chi connectivity index (χ1v) is 25.4. The first-order valence-electron chi connectivity index (χ1n) is 25.4.